The smallest absolute Gasteiger partial charge is 0.405 e. The normalized spacial score (nSPS) is 19.2. The van der Waals surface area contributed by atoms with Crippen LogP contribution in [0.15, 0.2) is 24.3 Å². The summed E-state index contributed by atoms with van der Waals surface area (Å²) in [5, 5.41) is 5.76. The fourth-order valence-corrected chi connectivity index (χ4v) is 4.33. The summed E-state index contributed by atoms with van der Waals surface area (Å²) in [6.45, 7) is 4.49. The van der Waals surface area contributed by atoms with E-state index in [0.717, 1.165) is 32.6 Å². The molecular weight excluding hydrogens is 477 g/mol. The number of hydrogen-bond acceptors (Lipinski definition) is 9. The van der Waals surface area contributed by atoms with Crippen LogP contribution in [0, 0.1) is 5.92 Å². The lowest BCUT2D eigenvalue weighted by molar-refractivity contribution is -0.274. The van der Waals surface area contributed by atoms with Crippen LogP contribution in [0.5, 0.6) is 5.75 Å². The highest BCUT2D eigenvalue weighted by Crippen LogP contribution is 2.27. The summed E-state index contributed by atoms with van der Waals surface area (Å²) >= 11 is 0. The number of benzene rings is 1. The number of carbonyl (C=O) groups excluding carboxylic acids is 1. The summed E-state index contributed by atoms with van der Waals surface area (Å²) in [7, 11) is 3.83. The molecule has 2 aliphatic rings. The summed E-state index contributed by atoms with van der Waals surface area (Å²) in [6, 6.07) is 5.79. The lowest BCUT2D eigenvalue weighted by Gasteiger charge is -2.34. The van der Waals surface area contributed by atoms with Crippen molar-refractivity contribution in [2.45, 2.75) is 25.7 Å². The van der Waals surface area contributed by atoms with Crippen LogP contribution in [0.3, 0.4) is 0 Å². The molecule has 2 fully saturated rings. The molecule has 0 aliphatic carbocycles. The van der Waals surface area contributed by atoms with Crippen LogP contribution in [0.2, 0.25) is 0 Å². The summed E-state index contributed by atoms with van der Waals surface area (Å²) in [4.78, 5) is 33.0. The molecule has 2 aromatic rings. The van der Waals surface area contributed by atoms with Gasteiger partial charge in [-0.2, -0.15) is 15.0 Å². The maximum Gasteiger partial charge on any atom is 0.573 e. The maximum atomic E-state index is 12.9. The van der Waals surface area contributed by atoms with Gasteiger partial charge in [0, 0.05) is 58.4 Å². The van der Waals surface area contributed by atoms with Crippen molar-refractivity contribution in [2.75, 3.05) is 68.5 Å². The number of nitrogens with one attached hydrogen (secondary N) is 2. The summed E-state index contributed by atoms with van der Waals surface area (Å²) in [6.07, 6.45) is -3.38. The number of ether oxygens (including phenoxy) is 1. The quantitative estimate of drug-likeness (QED) is 0.583. The van der Waals surface area contributed by atoms with Crippen molar-refractivity contribution in [1.29, 1.82) is 0 Å². The number of amides is 1. The lowest BCUT2D eigenvalue weighted by Crippen LogP contribution is -2.46. The third-order valence-electron chi connectivity index (χ3n) is 6.35. The number of aromatic nitrogens is 3. The SMILES string of the molecule is CNc1nc(N2CCN(C)CC2)nc(N2CCCC(C(=O)NCc3ccccc3OC(F)(F)F)C2)n1. The number of alkyl halides is 3. The Bertz CT molecular complexity index is 1050. The van der Waals surface area contributed by atoms with Gasteiger partial charge in [0.2, 0.25) is 23.8 Å². The van der Waals surface area contributed by atoms with Gasteiger partial charge in [-0.25, -0.2) is 0 Å². The van der Waals surface area contributed by atoms with Gasteiger partial charge in [-0.1, -0.05) is 18.2 Å². The summed E-state index contributed by atoms with van der Waals surface area (Å²) in [5.41, 5.74) is 0.254. The number of anilines is 3. The molecule has 4 rings (SSSR count). The molecule has 13 heteroatoms. The van der Waals surface area contributed by atoms with Gasteiger partial charge >= 0.3 is 6.36 Å². The average molecular weight is 509 g/mol. The molecule has 1 aromatic heterocycles. The third-order valence-corrected chi connectivity index (χ3v) is 6.35. The van der Waals surface area contributed by atoms with Crippen LogP contribution in [-0.2, 0) is 11.3 Å². The molecular formula is C23H31F3N8O2. The van der Waals surface area contributed by atoms with E-state index in [0.29, 0.717) is 37.4 Å². The monoisotopic (exact) mass is 508 g/mol. The van der Waals surface area contributed by atoms with Crippen LogP contribution in [0.1, 0.15) is 18.4 Å². The Kier molecular flexibility index (Phi) is 7.97. The molecule has 196 valence electrons. The van der Waals surface area contributed by atoms with Gasteiger partial charge in [-0.3, -0.25) is 4.79 Å². The van der Waals surface area contributed by atoms with Crippen molar-refractivity contribution in [2.24, 2.45) is 5.92 Å². The number of halogens is 3. The molecule has 0 spiro atoms. The Morgan fingerprint density at radius 2 is 1.75 bits per heavy atom. The molecule has 0 radical (unpaired) electrons. The first-order valence-corrected chi connectivity index (χ1v) is 12.0. The number of carbonyl (C=O) groups is 1. The molecule has 2 saturated heterocycles. The van der Waals surface area contributed by atoms with Crippen LogP contribution < -0.4 is 25.2 Å². The molecule has 1 amide bonds. The number of likely N-dealkylation sites (N-methyl/N-ethyl adjacent to an activating group) is 1. The fourth-order valence-electron chi connectivity index (χ4n) is 4.33. The van der Waals surface area contributed by atoms with Gasteiger partial charge in [0.1, 0.15) is 5.75 Å². The van der Waals surface area contributed by atoms with Gasteiger partial charge < -0.3 is 30.1 Å². The second-order valence-electron chi connectivity index (χ2n) is 8.96. The summed E-state index contributed by atoms with van der Waals surface area (Å²) in [5.74, 6) is 0.661. The van der Waals surface area contributed by atoms with E-state index in [4.69, 9.17) is 4.98 Å². The minimum atomic E-state index is -4.80. The molecule has 10 nitrogen and oxygen atoms in total. The molecule has 1 unspecified atom stereocenters. The van der Waals surface area contributed by atoms with Crippen molar-refractivity contribution in [3.63, 3.8) is 0 Å². The number of hydrogen-bond donors (Lipinski definition) is 2. The Morgan fingerprint density at radius 1 is 1.06 bits per heavy atom. The van der Waals surface area contributed by atoms with E-state index < -0.39 is 6.36 Å². The van der Waals surface area contributed by atoms with Crippen molar-refractivity contribution in [3.8, 4) is 5.75 Å². The number of para-hydroxylation sites is 1. The van der Waals surface area contributed by atoms with Gasteiger partial charge in [-0.05, 0) is 26.0 Å². The van der Waals surface area contributed by atoms with E-state index in [1.54, 1.807) is 13.1 Å². The standard InChI is InChI=1S/C23H31F3N8O2/c1-27-20-29-21(33-12-10-32(2)11-13-33)31-22(30-20)34-9-5-7-17(15-34)19(35)28-14-16-6-3-4-8-18(16)36-23(24,25)26/h3-4,6,8,17H,5,7,9-15H2,1-2H3,(H,28,35)(H,27,29,30,31). The summed E-state index contributed by atoms with van der Waals surface area (Å²) < 4.78 is 42.2. The van der Waals surface area contributed by atoms with E-state index in [9.17, 15) is 18.0 Å². The molecule has 1 atom stereocenters. The molecule has 2 N–H and O–H groups in total. The molecule has 2 aliphatic heterocycles. The number of piperidine rings is 1. The van der Waals surface area contributed by atoms with E-state index in [1.807, 2.05) is 4.90 Å². The minimum Gasteiger partial charge on any atom is -0.405 e. The molecule has 1 aromatic carbocycles. The van der Waals surface area contributed by atoms with E-state index in [-0.39, 0.29) is 29.7 Å². The van der Waals surface area contributed by atoms with Crippen molar-refractivity contribution >= 4 is 23.8 Å². The molecule has 36 heavy (non-hydrogen) atoms. The highest BCUT2D eigenvalue weighted by molar-refractivity contribution is 5.79. The Labute approximate surface area is 207 Å². The second-order valence-corrected chi connectivity index (χ2v) is 8.96. The third kappa shape index (κ3) is 6.65. The van der Waals surface area contributed by atoms with E-state index in [2.05, 4.69) is 42.2 Å². The largest absolute Gasteiger partial charge is 0.573 e. The maximum absolute atomic E-state index is 12.9. The van der Waals surface area contributed by atoms with Crippen LogP contribution in [0.25, 0.3) is 0 Å². The first kappa shape index (κ1) is 25.7. The zero-order valence-electron chi connectivity index (χ0n) is 20.4. The predicted molar refractivity (Wildman–Crippen MR) is 129 cm³/mol. The van der Waals surface area contributed by atoms with Crippen molar-refractivity contribution in [1.82, 2.24) is 25.2 Å². The zero-order chi connectivity index (χ0) is 25.7. The van der Waals surface area contributed by atoms with E-state index >= 15 is 0 Å². The van der Waals surface area contributed by atoms with Crippen LogP contribution >= 0.6 is 0 Å². The van der Waals surface area contributed by atoms with Crippen molar-refractivity contribution < 1.29 is 22.7 Å². The molecule has 3 heterocycles. The number of rotatable bonds is 7. The van der Waals surface area contributed by atoms with Crippen molar-refractivity contribution in [3.05, 3.63) is 29.8 Å². The topological polar surface area (TPSA) is 98.8 Å². The van der Waals surface area contributed by atoms with E-state index in [1.165, 1.54) is 18.2 Å². The lowest BCUT2D eigenvalue weighted by atomic mass is 9.97. The van der Waals surface area contributed by atoms with Gasteiger partial charge in [-0.15, -0.1) is 13.2 Å². The Hall–Kier alpha value is -3.35. The minimum absolute atomic E-state index is 0.0647. The highest BCUT2D eigenvalue weighted by Gasteiger charge is 2.32. The number of nitrogens with zero attached hydrogens (tertiary/aromatic N) is 6. The predicted octanol–water partition coefficient (Wildman–Crippen LogP) is 2.10. The second kappa shape index (κ2) is 11.1. The Balaban J connectivity index is 1.42. The molecule has 0 bridgehead atoms. The van der Waals surface area contributed by atoms with Crippen LogP contribution in [-0.4, -0.2) is 85.5 Å². The first-order valence-electron chi connectivity index (χ1n) is 12.0. The fraction of sp³-hybridized carbons (Fsp3) is 0.565. The first-order chi connectivity index (χ1) is 17.2. The highest BCUT2D eigenvalue weighted by atomic mass is 19.4. The van der Waals surface area contributed by atoms with Gasteiger partial charge in [0.05, 0.1) is 5.92 Å². The average Bonchev–Trinajstić information content (AvgIpc) is 2.87. The van der Waals surface area contributed by atoms with Gasteiger partial charge in [0.15, 0.2) is 0 Å². The van der Waals surface area contributed by atoms with Crippen LogP contribution in [0.4, 0.5) is 31.0 Å². The Morgan fingerprint density at radius 3 is 2.44 bits per heavy atom. The molecule has 0 saturated carbocycles. The number of piperazine rings is 1. The van der Waals surface area contributed by atoms with Gasteiger partial charge in [0.25, 0.3) is 0 Å². The zero-order valence-corrected chi connectivity index (χ0v) is 20.4.